The van der Waals surface area contributed by atoms with Crippen molar-refractivity contribution in [2.45, 2.75) is 26.3 Å². The number of H-pyrrole nitrogens is 1. The molecule has 3 aromatic rings. The fourth-order valence-corrected chi connectivity index (χ4v) is 3.46. The number of ether oxygens (including phenoxy) is 3. The molecular weight excluding hydrogens is 398 g/mol. The SMILES string of the molecule is CCN(Cc1nc2cc(OC)c(OC)cc2c(=O)[nH]1)C(=O)CCc1ccccc1OC. The molecule has 1 aromatic heterocycles. The quantitative estimate of drug-likeness (QED) is 0.567. The molecule has 0 fully saturated rings. The molecule has 8 nitrogen and oxygen atoms in total. The minimum absolute atomic E-state index is 0.0246. The van der Waals surface area contributed by atoms with Crippen molar-refractivity contribution in [2.24, 2.45) is 0 Å². The van der Waals surface area contributed by atoms with Gasteiger partial charge in [0, 0.05) is 19.0 Å². The minimum Gasteiger partial charge on any atom is -0.496 e. The van der Waals surface area contributed by atoms with Crippen LogP contribution in [-0.2, 0) is 17.8 Å². The first-order chi connectivity index (χ1) is 15.0. The summed E-state index contributed by atoms with van der Waals surface area (Å²) in [6.45, 7) is 2.60. The van der Waals surface area contributed by atoms with Crippen LogP contribution in [0.4, 0.5) is 0 Å². The summed E-state index contributed by atoms with van der Waals surface area (Å²) in [6.07, 6.45) is 0.898. The van der Waals surface area contributed by atoms with Crippen LogP contribution >= 0.6 is 0 Å². The van der Waals surface area contributed by atoms with Crippen molar-refractivity contribution in [3.8, 4) is 17.2 Å². The van der Waals surface area contributed by atoms with Gasteiger partial charge >= 0.3 is 0 Å². The van der Waals surface area contributed by atoms with Crippen molar-refractivity contribution in [1.82, 2.24) is 14.9 Å². The Labute approximate surface area is 180 Å². The Bertz CT molecular complexity index is 1130. The monoisotopic (exact) mass is 425 g/mol. The molecule has 0 unspecified atom stereocenters. The highest BCUT2D eigenvalue weighted by Gasteiger charge is 2.16. The van der Waals surface area contributed by atoms with E-state index in [0.717, 1.165) is 11.3 Å². The zero-order valence-corrected chi connectivity index (χ0v) is 18.2. The van der Waals surface area contributed by atoms with Gasteiger partial charge in [-0.3, -0.25) is 9.59 Å². The zero-order chi connectivity index (χ0) is 22.4. The third-order valence-electron chi connectivity index (χ3n) is 5.14. The van der Waals surface area contributed by atoms with Gasteiger partial charge in [-0.1, -0.05) is 18.2 Å². The van der Waals surface area contributed by atoms with Crippen molar-refractivity contribution >= 4 is 16.8 Å². The average molecular weight is 425 g/mol. The van der Waals surface area contributed by atoms with Gasteiger partial charge in [0.25, 0.3) is 5.56 Å². The van der Waals surface area contributed by atoms with E-state index in [4.69, 9.17) is 14.2 Å². The Balaban J connectivity index is 1.79. The maximum atomic E-state index is 12.8. The largest absolute Gasteiger partial charge is 0.496 e. The molecule has 0 atom stereocenters. The van der Waals surface area contributed by atoms with E-state index in [1.807, 2.05) is 31.2 Å². The number of hydrogen-bond acceptors (Lipinski definition) is 6. The number of aryl methyl sites for hydroxylation is 1. The second-order valence-electron chi connectivity index (χ2n) is 6.96. The number of carbonyl (C=O) groups excluding carboxylic acids is 1. The van der Waals surface area contributed by atoms with Crippen LogP contribution in [-0.4, -0.2) is 48.6 Å². The zero-order valence-electron chi connectivity index (χ0n) is 18.2. The number of nitrogens with one attached hydrogen (secondary N) is 1. The van der Waals surface area contributed by atoms with E-state index in [1.54, 1.807) is 24.1 Å². The second kappa shape index (κ2) is 9.97. The van der Waals surface area contributed by atoms with E-state index in [1.165, 1.54) is 14.2 Å². The smallest absolute Gasteiger partial charge is 0.258 e. The van der Waals surface area contributed by atoms with Crippen LogP contribution in [0.2, 0.25) is 0 Å². The third-order valence-corrected chi connectivity index (χ3v) is 5.14. The van der Waals surface area contributed by atoms with Crippen molar-refractivity contribution in [1.29, 1.82) is 0 Å². The molecule has 164 valence electrons. The number of carbonyl (C=O) groups is 1. The number of aromatic nitrogens is 2. The normalized spacial score (nSPS) is 10.7. The van der Waals surface area contributed by atoms with Gasteiger partial charge in [-0.15, -0.1) is 0 Å². The molecule has 0 spiro atoms. The lowest BCUT2D eigenvalue weighted by atomic mass is 10.1. The summed E-state index contributed by atoms with van der Waals surface area (Å²) in [4.78, 5) is 34.4. The summed E-state index contributed by atoms with van der Waals surface area (Å²) < 4.78 is 15.9. The van der Waals surface area contributed by atoms with Crippen molar-refractivity contribution in [3.05, 3.63) is 58.1 Å². The summed E-state index contributed by atoms with van der Waals surface area (Å²) >= 11 is 0. The standard InChI is InChI=1S/C23H27N3O5/c1-5-26(22(27)11-10-15-8-6-7-9-18(15)29-2)14-21-24-17-13-20(31-4)19(30-3)12-16(17)23(28)25-21/h6-9,12-13H,5,10-11,14H2,1-4H3,(H,24,25,28). The summed E-state index contributed by atoms with van der Waals surface area (Å²) in [5.41, 5.74) is 1.17. The Morgan fingerprint density at radius 1 is 1.03 bits per heavy atom. The number of methoxy groups -OCH3 is 3. The molecule has 0 saturated carbocycles. The van der Waals surface area contributed by atoms with E-state index in [0.29, 0.717) is 47.6 Å². The molecule has 0 aliphatic heterocycles. The van der Waals surface area contributed by atoms with E-state index in [9.17, 15) is 9.59 Å². The molecule has 1 amide bonds. The van der Waals surface area contributed by atoms with Gasteiger partial charge in [0.05, 0.1) is 38.8 Å². The third kappa shape index (κ3) is 4.96. The first-order valence-corrected chi connectivity index (χ1v) is 10.0. The van der Waals surface area contributed by atoms with E-state index >= 15 is 0 Å². The number of benzene rings is 2. The fourth-order valence-electron chi connectivity index (χ4n) is 3.46. The molecule has 2 aromatic carbocycles. The number of nitrogens with zero attached hydrogens (tertiary/aromatic N) is 2. The molecule has 0 aliphatic rings. The highest BCUT2D eigenvalue weighted by atomic mass is 16.5. The highest BCUT2D eigenvalue weighted by molar-refractivity contribution is 5.82. The summed E-state index contributed by atoms with van der Waals surface area (Å²) in [7, 11) is 4.65. The van der Waals surface area contributed by atoms with Gasteiger partial charge in [-0.05, 0) is 31.0 Å². The molecule has 0 radical (unpaired) electrons. The lowest BCUT2D eigenvalue weighted by Crippen LogP contribution is -2.32. The van der Waals surface area contributed by atoms with Crippen LogP contribution in [0, 0.1) is 0 Å². The molecule has 3 rings (SSSR count). The number of hydrogen-bond donors (Lipinski definition) is 1. The van der Waals surface area contributed by atoms with Crippen molar-refractivity contribution in [3.63, 3.8) is 0 Å². The van der Waals surface area contributed by atoms with E-state index < -0.39 is 0 Å². The topological polar surface area (TPSA) is 93.8 Å². The van der Waals surface area contributed by atoms with Gasteiger partial charge < -0.3 is 24.1 Å². The van der Waals surface area contributed by atoms with Crippen molar-refractivity contribution < 1.29 is 19.0 Å². The average Bonchev–Trinajstić information content (AvgIpc) is 2.80. The van der Waals surface area contributed by atoms with Gasteiger partial charge in [-0.25, -0.2) is 4.98 Å². The van der Waals surface area contributed by atoms with Crippen LogP contribution < -0.4 is 19.8 Å². The molecule has 0 saturated heterocycles. The number of aromatic amines is 1. The van der Waals surface area contributed by atoms with Crippen LogP contribution in [0.1, 0.15) is 24.7 Å². The molecule has 8 heteroatoms. The minimum atomic E-state index is -0.293. The highest BCUT2D eigenvalue weighted by Crippen LogP contribution is 2.30. The predicted molar refractivity (Wildman–Crippen MR) is 118 cm³/mol. The first kappa shape index (κ1) is 22.1. The Morgan fingerprint density at radius 2 is 1.71 bits per heavy atom. The van der Waals surface area contributed by atoms with Crippen LogP contribution in [0.15, 0.2) is 41.2 Å². The lowest BCUT2D eigenvalue weighted by molar-refractivity contribution is -0.131. The molecule has 1 heterocycles. The number of amides is 1. The summed E-state index contributed by atoms with van der Waals surface area (Å²) in [5, 5.41) is 0.395. The van der Waals surface area contributed by atoms with Crippen LogP contribution in [0.3, 0.4) is 0 Å². The number of fused-ring (bicyclic) bond motifs is 1. The van der Waals surface area contributed by atoms with Gasteiger partial charge in [0.1, 0.15) is 11.6 Å². The number of para-hydroxylation sites is 1. The predicted octanol–water partition coefficient (Wildman–Crippen LogP) is 2.93. The van der Waals surface area contributed by atoms with Crippen molar-refractivity contribution in [2.75, 3.05) is 27.9 Å². The number of rotatable bonds is 9. The maximum absolute atomic E-state index is 12.8. The molecule has 1 N–H and O–H groups in total. The summed E-state index contributed by atoms with van der Waals surface area (Å²) in [5.74, 6) is 2.10. The van der Waals surface area contributed by atoms with Gasteiger partial charge in [0.15, 0.2) is 11.5 Å². The molecule has 0 aliphatic carbocycles. The lowest BCUT2D eigenvalue weighted by Gasteiger charge is -2.21. The van der Waals surface area contributed by atoms with Crippen LogP contribution in [0.5, 0.6) is 17.2 Å². The molecule has 31 heavy (non-hydrogen) atoms. The molecular formula is C23H27N3O5. The Kier molecular flexibility index (Phi) is 7.12. The Morgan fingerprint density at radius 3 is 2.39 bits per heavy atom. The van der Waals surface area contributed by atoms with E-state index in [-0.39, 0.29) is 18.0 Å². The maximum Gasteiger partial charge on any atom is 0.258 e. The van der Waals surface area contributed by atoms with Crippen LogP contribution in [0.25, 0.3) is 10.9 Å². The summed E-state index contributed by atoms with van der Waals surface area (Å²) in [6, 6.07) is 10.9. The Hall–Kier alpha value is -3.55. The van der Waals surface area contributed by atoms with Gasteiger partial charge in [0.2, 0.25) is 5.91 Å². The first-order valence-electron chi connectivity index (χ1n) is 10.0. The van der Waals surface area contributed by atoms with E-state index in [2.05, 4.69) is 9.97 Å². The fraction of sp³-hybridized carbons (Fsp3) is 0.348. The van der Waals surface area contributed by atoms with Gasteiger partial charge in [-0.2, -0.15) is 0 Å². The second-order valence-corrected chi connectivity index (χ2v) is 6.96. The molecule has 0 bridgehead atoms.